The monoisotopic (exact) mass is 178 g/mol. The van der Waals surface area contributed by atoms with Crippen LogP contribution >= 0.6 is 0 Å². The fourth-order valence-corrected chi connectivity index (χ4v) is 2.16. The predicted octanol–water partition coefficient (Wildman–Crippen LogP) is 0.742. The quantitative estimate of drug-likeness (QED) is 0.651. The minimum atomic E-state index is 0.361. The molecule has 1 aromatic rings. The number of aromatic hydroxyl groups is 1. The van der Waals surface area contributed by atoms with Crippen LogP contribution in [0.4, 0.5) is 0 Å². The summed E-state index contributed by atoms with van der Waals surface area (Å²) >= 11 is 0. The first-order valence-electron chi connectivity index (χ1n) is 4.88. The third kappa shape index (κ3) is 1.68. The number of phenolic OH excluding ortho intramolecular Hbond substituents is 1. The van der Waals surface area contributed by atoms with E-state index < -0.39 is 0 Å². The van der Waals surface area contributed by atoms with Crippen molar-refractivity contribution >= 4 is 0 Å². The van der Waals surface area contributed by atoms with Gasteiger partial charge in [-0.3, -0.25) is 0 Å². The molecule has 0 radical (unpaired) electrons. The smallest absolute Gasteiger partial charge is 0.115 e. The van der Waals surface area contributed by atoms with E-state index >= 15 is 0 Å². The molecule has 2 heteroatoms. The molecule has 0 aromatic heterocycles. The van der Waals surface area contributed by atoms with Gasteiger partial charge in [0.25, 0.3) is 0 Å². The molecule has 0 saturated carbocycles. The number of rotatable bonds is 1. The summed E-state index contributed by atoms with van der Waals surface area (Å²) < 4.78 is 0. The van der Waals surface area contributed by atoms with Crippen molar-refractivity contribution in [3.8, 4) is 5.75 Å². The summed E-state index contributed by atoms with van der Waals surface area (Å²) in [7, 11) is 2.24. The molecule has 1 aliphatic heterocycles. The van der Waals surface area contributed by atoms with Crippen LogP contribution in [-0.4, -0.2) is 18.7 Å². The maximum Gasteiger partial charge on any atom is 0.115 e. The molecule has 1 fully saturated rings. The molecule has 2 rings (SSSR count). The van der Waals surface area contributed by atoms with Crippen LogP contribution < -0.4 is 4.90 Å². The zero-order valence-corrected chi connectivity index (χ0v) is 7.96. The van der Waals surface area contributed by atoms with E-state index in [4.69, 9.17) is 5.11 Å². The predicted molar refractivity (Wildman–Crippen MR) is 51.8 cm³/mol. The first-order valence-corrected chi connectivity index (χ1v) is 4.88. The summed E-state index contributed by atoms with van der Waals surface area (Å²) in [5.41, 5.74) is 1.35. The van der Waals surface area contributed by atoms with Crippen molar-refractivity contribution in [2.45, 2.75) is 18.9 Å². The lowest BCUT2D eigenvalue weighted by Crippen LogP contribution is -3.07. The summed E-state index contributed by atoms with van der Waals surface area (Å²) in [6, 6.07) is 8.27. The second-order valence-corrected chi connectivity index (χ2v) is 3.88. The van der Waals surface area contributed by atoms with Gasteiger partial charge < -0.3 is 10.0 Å². The molecule has 1 heterocycles. The van der Waals surface area contributed by atoms with E-state index in [9.17, 15) is 0 Å². The summed E-state index contributed by atoms with van der Waals surface area (Å²) in [6.45, 7) is 1.27. The molecule has 1 saturated heterocycles. The molecule has 0 amide bonds. The van der Waals surface area contributed by atoms with Gasteiger partial charge in [0.15, 0.2) is 0 Å². The van der Waals surface area contributed by atoms with E-state index in [1.54, 1.807) is 17.0 Å². The third-order valence-electron chi connectivity index (χ3n) is 2.95. The maximum atomic E-state index is 9.16. The normalized spacial score (nSPS) is 27.8. The van der Waals surface area contributed by atoms with Gasteiger partial charge in [-0.25, -0.2) is 0 Å². The van der Waals surface area contributed by atoms with Crippen molar-refractivity contribution in [1.82, 2.24) is 0 Å². The lowest BCUT2D eigenvalue weighted by Gasteiger charge is -2.16. The van der Waals surface area contributed by atoms with Crippen LogP contribution in [0.5, 0.6) is 5.75 Å². The number of phenols is 1. The van der Waals surface area contributed by atoms with Gasteiger partial charge in [0.2, 0.25) is 0 Å². The lowest BCUT2D eigenvalue weighted by molar-refractivity contribution is -0.898. The molecule has 0 bridgehead atoms. The average molecular weight is 178 g/mol. The Hall–Kier alpha value is -1.02. The highest BCUT2D eigenvalue weighted by molar-refractivity contribution is 5.27. The van der Waals surface area contributed by atoms with Gasteiger partial charge in [0, 0.05) is 18.4 Å². The fourth-order valence-electron chi connectivity index (χ4n) is 2.16. The summed E-state index contributed by atoms with van der Waals surface area (Å²) in [5, 5.41) is 9.16. The van der Waals surface area contributed by atoms with Crippen molar-refractivity contribution in [1.29, 1.82) is 0 Å². The number of likely N-dealkylation sites (tertiary alicyclic amines) is 1. The van der Waals surface area contributed by atoms with Gasteiger partial charge >= 0.3 is 0 Å². The van der Waals surface area contributed by atoms with E-state index in [2.05, 4.69) is 7.05 Å². The topological polar surface area (TPSA) is 24.7 Å². The average Bonchev–Trinajstić information content (AvgIpc) is 2.53. The van der Waals surface area contributed by atoms with Crippen LogP contribution in [0.25, 0.3) is 0 Å². The first-order chi connectivity index (χ1) is 6.27. The largest absolute Gasteiger partial charge is 0.508 e. The molecule has 1 aromatic carbocycles. The number of benzene rings is 1. The number of nitrogens with one attached hydrogen (secondary N) is 1. The van der Waals surface area contributed by atoms with Crippen molar-refractivity contribution < 1.29 is 10.0 Å². The highest BCUT2D eigenvalue weighted by Gasteiger charge is 2.26. The Kier molecular flexibility index (Phi) is 2.23. The second-order valence-electron chi connectivity index (χ2n) is 3.88. The van der Waals surface area contributed by atoms with Gasteiger partial charge in [0.1, 0.15) is 11.8 Å². The summed E-state index contributed by atoms with van der Waals surface area (Å²) in [6.07, 6.45) is 2.59. The molecular weight excluding hydrogens is 162 g/mol. The Morgan fingerprint density at radius 2 is 2.00 bits per heavy atom. The molecule has 2 N–H and O–H groups in total. The van der Waals surface area contributed by atoms with Crippen molar-refractivity contribution in [2.24, 2.45) is 0 Å². The molecule has 2 nitrogen and oxygen atoms in total. The fraction of sp³-hybridized carbons (Fsp3) is 0.455. The minimum Gasteiger partial charge on any atom is -0.508 e. The number of hydrogen-bond acceptors (Lipinski definition) is 1. The van der Waals surface area contributed by atoms with Crippen molar-refractivity contribution in [2.75, 3.05) is 13.6 Å². The summed E-state index contributed by atoms with van der Waals surface area (Å²) in [4.78, 5) is 1.59. The Morgan fingerprint density at radius 1 is 1.31 bits per heavy atom. The number of quaternary nitrogens is 1. The molecule has 1 aliphatic rings. The molecule has 70 valence electrons. The van der Waals surface area contributed by atoms with E-state index in [0.717, 1.165) is 0 Å². The standard InChI is InChI=1S/C11H15NO/c1-12-8-2-3-11(12)9-4-6-10(13)7-5-9/h4-7,11,13H,2-3,8H2,1H3/p+1/t11-/m0/s1. The second kappa shape index (κ2) is 3.38. The molecule has 1 unspecified atom stereocenters. The third-order valence-corrected chi connectivity index (χ3v) is 2.95. The van der Waals surface area contributed by atoms with Crippen molar-refractivity contribution in [3.05, 3.63) is 29.8 Å². The SMILES string of the molecule is C[NH+]1CCC[C@H]1c1ccc(O)cc1. The van der Waals surface area contributed by atoms with E-state index in [-0.39, 0.29) is 0 Å². The maximum absolute atomic E-state index is 9.16. The van der Waals surface area contributed by atoms with Gasteiger partial charge in [-0.1, -0.05) is 0 Å². The van der Waals surface area contributed by atoms with Gasteiger partial charge in [-0.15, -0.1) is 0 Å². The van der Waals surface area contributed by atoms with Gasteiger partial charge in [-0.2, -0.15) is 0 Å². The van der Waals surface area contributed by atoms with E-state index in [1.807, 2.05) is 12.1 Å². The summed E-state index contributed by atoms with van der Waals surface area (Å²) in [5.74, 6) is 0.361. The van der Waals surface area contributed by atoms with E-state index in [0.29, 0.717) is 11.8 Å². The Balaban J connectivity index is 2.20. The van der Waals surface area contributed by atoms with Crippen LogP contribution in [0, 0.1) is 0 Å². The molecule has 0 aliphatic carbocycles. The Morgan fingerprint density at radius 3 is 2.54 bits per heavy atom. The Bertz CT molecular complexity index is 281. The molecular formula is C11H16NO+. The lowest BCUT2D eigenvalue weighted by atomic mass is 10.0. The zero-order valence-electron chi connectivity index (χ0n) is 7.96. The van der Waals surface area contributed by atoms with Gasteiger partial charge in [0.05, 0.1) is 13.6 Å². The Labute approximate surface area is 78.8 Å². The first kappa shape index (κ1) is 8.57. The molecule has 2 atom stereocenters. The zero-order chi connectivity index (χ0) is 9.26. The number of hydrogen-bond donors (Lipinski definition) is 2. The van der Waals surface area contributed by atoms with Crippen molar-refractivity contribution in [3.63, 3.8) is 0 Å². The van der Waals surface area contributed by atoms with Crippen LogP contribution in [0.1, 0.15) is 24.4 Å². The minimum absolute atomic E-state index is 0.361. The van der Waals surface area contributed by atoms with Crippen LogP contribution in [0.2, 0.25) is 0 Å². The molecule has 0 spiro atoms. The highest BCUT2D eigenvalue weighted by Crippen LogP contribution is 2.20. The van der Waals surface area contributed by atoms with Crippen LogP contribution in [0.15, 0.2) is 24.3 Å². The van der Waals surface area contributed by atoms with Gasteiger partial charge in [-0.05, 0) is 24.3 Å². The highest BCUT2D eigenvalue weighted by atomic mass is 16.3. The molecule has 13 heavy (non-hydrogen) atoms. The van der Waals surface area contributed by atoms with E-state index in [1.165, 1.54) is 24.9 Å². The van der Waals surface area contributed by atoms with Crippen LogP contribution in [0.3, 0.4) is 0 Å². The van der Waals surface area contributed by atoms with Crippen LogP contribution in [-0.2, 0) is 0 Å².